The number of aromatic nitrogens is 2. The lowest BCUT2D eigenvalue weighted by Gasteiger charge is -2.01. The molecule has 0 saturated carbocycles. The molecule has 5 heteroatoms. The van der Waals surface area contributed by atoms with E-state index in [1.165, 1.54) is 23.9 Å². The van der Waals surface area contributed by atoms with E-state index in [4.69, 9.17) is 0 Å². The topological polar surface area (TPSA) is 46.9 Å². The highest BCUT2D eigenvalue weighted by Crippen LogP contribution is 2.14. The molecular weight excluding hydrogens is 209 g/mol. The third-order valence-electron chi connectivity index (χ3n) is 2.00. The number of halogens is 1. The Balaban J connectivity index is 2.32. The highest BCUT2D eigenvalue weighted by atomic mass is 19.1. The molecule has 0 bridgehead atoms. The predicted octanol–water partition coefficient (Wildman–Crippen LogP) is 1.97. The van der Waals surface area contributed by atoms with Crippen molar-refractivity contribution in [3.8, 4) is 5.69 Å². The maximum absolute atomic E-state index is 13.4. The molecule has 0 unspecified atom stereocenters. The molecule has 2 rings (SSSR count). The molecule has 1 aromatic heterocycles. The molecule has 0 saturated heterocycles. The van der Waals surface area contributed by atoms with Gasteiger partial charge in [0.25, 0.3) is 0 Å². The van der Waals surface area contributed by atoms with E-state index in [1.54, 1.807) is 24.4 Å². The van der Waals surface area contributed by atoms with Crippen LogP contribution in [0.3, 0.4) is 0 Å². The fourth-order valence-corrected chi connectivity index (χ4v) is 1.36. The summed E-state index contributed by atoms with van der Waals surface area (Å²) >= 11 is 0. The SMILES string of the molecule is CC(=O)Nc1cnn(-c2ccccc2F)c1. The Morgan fingerprint density at radius 3 is 2.88 bits per heavy atom. The second-order valence-electron chi connectivity index (χ2n) is 3.31. The van der Waals surface area contributed by atoms with Crippen LogP contribution in [0.15, 0.2) is 36.7 Å². The standard InChI is InChI=1S/C11H10FN3O/c1-8(16)14-9-6-13-15(7-9)11-5-3-2-4-10(11)12/h2-7H,1H3,(H,14,16). The lowest BCUT2D eigenvalue weighted by molar-refractivity contribution is -0.114. The summed E-state index contributed by atoms with van der Waals surface area (Å²) in [5.74, 6) is -0.548. The van der Waals surface area contributed by atoms with Gasteiger partial charge in [-0.15, -0.1) is 0 Å². The molecule has 0 aliphatic rings. The van der Waals surface area contributed by atoms with Crippen molar-refractivity contribution in [3.63, 3.8) is 0 Å². The van der Waals surface area contributed by atoms with Crippen LogP contribution in [0, 0.1) is 5.82 Å². The van der Waals surface area contributed by atoms with Crippen LogP contribution in [0.1, 0.15) is 6.92 Å². The number of anilines is 1. The van der Waals surface area contributed by atoms with Gasteiger partial charge in [-0.25, -0.2) is 9.07 Å². The van der Waals surface area contributed by atoms with Crippen LogP contribution in [0.25, 0.3) is 5.69 Å². The van der Waals surface area contributed by atoms with E-state index in [-0.39, 0.29) is 11.7 Å². The molecule has 0 aliphatic heterocycles. The normalized spacial score (nSPS) is 10.1. The van der Waals surface area contributed by atoms with Crippen molar-refractivity contribution in [2.75, 3.05) is 5.32 Å². The van der Waals surface area contributed by atoms with Gasteiger partial charge in [-0.2, -0.15) is 5.10 Å². The maximum atomic E-state index is 13.4. The molecule has 4 nitrogen and oxygen atoms in total. The van der Waals surface area contributed by atoms with Crippen molar-refractivity contribution >= 4 is 11.6 Å². The minimum Gasteiger partial charge on any atom is -0.324 e. The molecule has 0 fully saturated rings. The summed E-state index contributed by atoms with van der Waals surface area (Å²) in [6.07, 6.45) is 3.02. The van der Waals surface area contributed by atoms with Gasteiger partial charge in [0.2, 0.25) is 5.91 Å². The van der Waals surface area contributed by atoms with Crippen LogP contribution in [0.4, 0.5) is 10.1 Å². The fourth-order valence-electron chi connectivity index (χ4n) is 1.36. The average Bonchev–Trinajstić information content (AvgIpc) is 2.66. The second-order valence-corrected chi connectivity index (χ2v) is 3.31. The van der Waals surface area contributed by atoms with Crippen LogP contribution in [-0.2, 0) is 4.79 Å². The smallest absolute Gasteiger partial charge is 0.221 e. The van der Waals surface area contributed by atoms with E-state index in [2.05, 4.69) is 10.4 Å². The van der Waals surface area contributed by atoms with Gasteiger partial charge in [0.05, 0.1) is 18.1 Å². The third-order valence-corrected chi connectivity index (χ3v) is 2.00. The molecule has 82 valence electrons. The molecule has 16 heavy (non-hydrogen) atoms. The van der Waals surface area contributed by atoms with Crippen molar-refractivity contribution < 1.29 is 9.18 Å². The molecule has 0 radical (unpaired) electrons. The average molecular weight is 219 g/mol. The predicted molar refractivity (Wildman–Crippen MR) is 57.8 cm³/mol. The van der Waals surface area contributed by atoms with Crippen molar-refractivity contribution in [2.24, 2.45) is 0 Å². The van der Waals surface area contributed by atoms with Gasteiger partial charge in [-0.3, -0.25) is 4.79 Å². The number of amides is 1. The first-order valence-electron chi connectivity index (χ1n) is 4.74. The molecule has 1 heterocycles. The van der Waals surface area contributed by atoms with Gasteiger partial charge in [0.1, 0.15) is 11.5 Å². The number of hydrogen-bond donors (Lipinski definition) is 1. The summed E-state index contributed by atoms with van der Waals surface area (Å²) in [5, 5.41) is 6.53. The number of carbonyl (C=O) groups is 1. The summed E-state index contributed by atoms with van der Waals surface area (Å²) in [5.41, 5.74) is 0.884. The number of carbonyl (C=O) groups excluding carboxylic acids is 1. The first-order chi connectivity index (χ1) is 7.66. The summed E-state index contributed by atoms with van der Waals surface area (Å²) in [4.78, 5) is 10.8. The quantitative estimate of drug-likeness (QED) is 0.839. The monoisotopic (exact) mass is 219 g/mol. The Labute approximate surface area is 91.7 Å². The maximum Gasteiger partial charge on any atom is 0.221 e. The van der Waals surface area contributed by atoms with E-state index >= 15 is 0 Å². The second kappa shape index (κ2) is 4.14. The first kappa shape index (κ1) is 10.4. The van der Waals surface area contributed by atoms with Gasteiger partial charge in [0.15, 0.2) is 0 Å². The largest absolute Gasteiger partial charge is 0.324 e. The van der Waals surface area contributed by atoms with E-state index < -0.39 is 0 Å². The summed E-state index contributed by atoms with van der Waals surface area (Å²) < 4.78 is 14.8. The Hall–Kier alpha value is -2.17. The fraction of sp³-hybridized carbons (Fsp3) is 0.0909. The van der Waals surface area contributed by atoms with Crippen molar-refractivity contribution in [1.82, 2.24) is 9.78 Å². The third kappa shape index (κ3) is 2.08. The van der Waals surface area contributed by atoms with Gasteiger partial charge in [0, 0.05) is 6.92 Å². The number of nitrogens with one attached hydrogen (secondary N) is 1. The zero-order chi connectivity index (χ0) is 11.5. The van der Waals surface area contributed by atoms with Crippen LogP contribution in [0.2, 0.25) is 0 Å². The summed E-state index contributed by atoms with van der Waals surface area (Å²) in [6.45, 7) is 1.40. The van der Waals surface area contributed by atoms with Crippen molar-refractivity contribution in [3.05, 3.63) is 42.5 Å². The van der Waals surface area contributed by atoms with Gasteiger partial charge < -0.3 is 5.32 Å². The molecule has 1 amide bonds. The van der Waals surface area contributed by atoms with Crippen LogP contribution < -0.4 is 5.32 Å². The first-order valence-corrected chi connectivity index (χ1v) is 4.74. The highest BCUT2D eigenvalue weighted by Gasteiger charge is 2.05. The van der Waals surface area contributed by atoms with E-state index in [0.29, 0.717) is 11.4 Å². The Morgan fingerprint density at radius 1 is 1.44 bits per heavy atom. The number of hydrogen-bond acceptors (Lipinski definition) is 2. The number of nitrogens with zero attached hydrogens (tertiary/aromatic N) is 2. The molecular formula is C11H10FN3O. The number of para-hydroxylation sites is 1. The summed E-state index contributed by atoms with van der Waals surface area (Å²) in [7, 11) is 0. The zero-order valence-electron chi connectivity index (χ0n) is 8.64. The van der Waals surface area contributed by atoms with E-state index in [0.717, 1.165) is 0 Å². The van der Waals surface area contributed by atoms with E-state index in [9.17, 15) is 9.18 Å². The molecule has 0 aliphatic carbocycles. The molecule has 1 N–H and O–H groups in total. The number of rotatable bonds is 2. The zero-order valence-corrected chi connectivity index (χ0v) is 8.64. The lowest BCUT2D eigenvalue weighted by atomic mass is 10.3. The van der Waals surface area contributed by atoms with E-state index in [1.807, 2.05) is 0 Å². The highest BCUT2D eigenvalue weighted by molar-refractivity contribution is 5.88. The van der Waals surface area contributed by atoms with Gasteiger partial charge >= 0.3 is 0 Å². The van der Waals surface area contributed by atoms with Crippen molar-refractivity contribution in [2.45, 2.75) is 6.92 Å². The molecule has 1 aromatic carbocycles. The van der Waals surface area contributed by atoms with Crippen molar-refractivity contribution in [1.29, 1.82) is 0 Å². The minimum atomic E-state index is -0.361. The lowest BCUT2D eigenvalue weighted by Crippen LogP contribution is -2.04. The summed E-state index contributed by atoms with van der Waals surface area (Å²) in [6, 6.07) is 6.30. The molecule has 0 atom stereocenters. The molecule has 2 aromatic rings. The van der Waals surface area contributed by atoms with Crippen LogP contribution in [0.5, 0.6) is 0 Å². The Bertz CT molecular complexity index is 521. The van der Waals surface area contributed by atoms with Crippen LogP contribution >= 0.6 is 0 Å². The molecule has 0 spiro atoms. The van der Waals surface area contributed by atoms with Gasteiger partial charge in [-0.05, 0) is 12.1 Å². The van der Waals surface area contributed by atoms with Crippen LogP contribution in [-0.4, -0.2) is 15.7 Å². The number of benzene rings is 1. The Kier molecular flexibility index (Phi) is 2.68. The minimum absolute atomic E-state index is 0.187. The van der Waals surface area contributed by atoms with Gasteiger partial charge in [-0.1, -0.05) is 12.1 Å². The Morgan fingerprint density at radius 2 is 2.19 bits per heavy atom.